The van der Waals surface area contributed by atoms with Gasteiger partial charge in [0.15, 0.2) is 0 Å². The van der Waals surface area contributed by atoms with Crippen molar-refractivity contribution in [2.75, 3.05) is 0 Å². The fraction of sp³-hybridized carbons (Fsp3) is 0.727. The van der Waals surface area contributed by atoms with Crippen molar-refractivity contribution in [3.63, 3.8) is 0 Å². The van der Waals surface area contributed by atoms with Crippen molar-refractivity contribution in [1.82, 2.24) is 0 Å². The van der Waals surface area contributed by atoms with Gasteiger partial charge in [-0.15, -0.1) is 0 Å². The lowest BCUT2D eigenvalue weighted by atomic mass is 9.66. The normalized spacial score (nSPS) is 50.8. The van der Waals surface area contributed by atoms with Gasteiger partial charge in [-0.25, -0.2) is 0 Å². The van der Waals surface area contributed by atoms with E-state index in [-0.39, 0.29) is 16.8 Å². The number of hydrogen-bond acceptors (Lipinski definition) is 2. The van der Waals surface area contributed by atoms with Gasteiger partial charge in [0.1, 0.15) is 16.8 Å². The van der Waals surface area contributed by atoms with Crippen molar-refractivity contribution in [2.24, 2.45) is 11.3 Å². The van der Waals surface area contributed by atoms with Crippen LogP contribution in [0, 0.1) is 11.3 Å². The van der Waals surface area contributed by atoms with E-state index in [2.05, 4.69) is 36.5 Å². The van der Waals surface area contributed by atoms with Crippen LogP contribution < -0.4 is 0 Å². The van der Waals surface area contributed by atoms with Gasteiger partial charge in [-0.3, -0.25) is 0 Å². The van der Waals surface area contributed by atoms with Gasteiger partial charge in [0, 0.05) is 0 Å². The van der Waals surface area contributed by atoms with E-state index in [9.17, 15) is 0 Å². The molecule has 2 atom stereocenters. The second-order valence-corrected chi connectivity index (χ2v) is 9.37. The monoisotopic (exact) mass is 324 g/mol. The lowest BCUT2D eigenvalue weighted by Crippen LogP contribution is -2.34. The zero-order chi connectivity index (χ0) is 15.9. The van der Waals surface area contributed by atoms with Crippen molar-refractivity contribution in [3.05, 3.63) is 36.5 Å². The number of rotatable bonds is 1. The van der Waals surface area contributed by atoms with Crippen LogP contribution in [0.1, 0.15) is 64.2 Å². The fourth-order valence-corrected chi connectivity index (χ4v) is 6.51. The highest BCUT2D eigenvalue weighted by Crippen LogP contribution is 2.66. The van der Waals surface area contributed by atoms with Crippen molar-refractivity contribution in [1.29, 1.82) is 0 Å². The quantitative estimate of drug-likeness (QED) is 0.508. The zero-order valence-electron chi connectivity index (χ0n) is 14.5. The molecular formula is C22H28O2. The van der Waals surface area contributed by atoms with Crippen molar-refractivity contribution in [2.45, 2.75) is 87.1 Å². The molecule has 2 nitrogen and oxygen atoms in total. The lowest BCUT2D eigenvalue weighted by molar-refractivity contribution is 0.138. The van der Waals surface area contributed by atoms with E-state index in [0.717, 1.165) is 5.92 Å². The topological polar surface area (TPSA) is 25.1 Å². The first-order chi connectivity index (χ1) is 11.7. The summed E-state index contributed by atoms with van der Waals surface area (Å²) >= 11 is 0. The average molecular weight is 324 g/mol. The first-order valence-corrected chi connectivity index (χ1v) is 10.1. The van der Waals surface area contributed by atoms with E-state index in [0.29, 0.717) is 11.5 Å². The highest BCUT2D eigenvalue weighted by molar-refractivity contribution is 5.42. The number of ether oxygens (including phenoxy) is 2. The standard InChI is InChI=1S/C22H28O2/c1-2-6-17(7-3-1)18-20(23-18)13-10-19(16-20)11-14-22(15-12-19)21(24-22)8-4-5-9-21/h4-5,8-10,13,17-18H,1-3,6-7,11-12,14-16H2/t18-,19?,20-,22?/m1/s1. The second-order valence-electron chi connectivity index (χ2n) is 9.37. The van der Waals surface area contributed by atoms with Crippen LogP contribution in [-0.4, -0.2) is 22.9 Å². The Morgan fingerprint density at radius 2 is 1.54 bits per heavy atom. The molecule has 0 aromatic rings. The van der Waals surface area contributed by atoms with E-state index >= 15 is 0 Å². The molecule has 0 N–H and O–H groups in total. The van der Waals surface area contributed by atoms with Crippen molar-refractivity contribution >= 4 is 0 Å². The predicted octanol–water partition coefficient (Wildman–Crippen LogP) is 4.86. The average Bonchev–Trinajstić information content (AvgIpc) is 3.29. The number of hydrogen-bond donors (Lipinski definition) is 0. The molecule has 24 heavy (non-hydrogen) atoms. The molecule has 0 bridgehead atoms. The molecule has 128 valence electrons. The molecule has 6 aliphatic rings. The third-order valence-electron chi connectivity index (χ3n) is 8.08. The van der Waals surface area contributed by atoms with E-state index in [1.54, 1.807) is 0 Å². The van der Waals surface area contributed by atoms with Gasteiger partial charge in [-0.2, -0.15) is 0 Å². The summed E-state index contributed by atoms with van der Waals surface area (Å²) in [6.07, 6.45) is 27.6. The summed E-state index contributed by atoms with van der Waals surface area (Å²) in [7, 11) is 0. The molecule has 2 heterocycles. The predicted molar refractivity (Wildman–Crippen MR) is 93.7 cm³/mol. The molecule has 2 heteroatoms. The summed E-state index contributed by atoms with van der Waals surface area (Å²) < 4.78 is 12.6. The Kier molecular flexibility index (Phi) is 2.66. The molecule has 0 aromatic carbocycles. The Labute approximate surface area is 145 Å². The summed E-state index contributed by atoms with van der Waals surface area (Å²) in [4.78, 5) is 0. The van der Waals surface area contributed by atoms with Crippen molar-refractivity contribution < 1.29 is 9.47 Å². The van der Waals surface area contributed by atoms with Crippen LogP contribution in [0.3, 0.4) is 0 Å². The molecule has 6 rings (SSSR count). The lowest BCUT2D eigenvalue weighted by Gasteiger charge is -2.36. The Bertz CT molecular complexity index is 631. The minimum absolute atomic E-state index is 0.0324. The third kappa shape index (κ3) is 1.79. The summed E-state index contributed by atoms with van der Waals surface area (Å²) in [5, 5.41) is 0. The largest absolute Gasteiger partial charge is 0.361 e. The molecule has 0 unspecified atom stereocenters. The van der Waals surface area contributed by atoms with Crippen LogP contribution in [0.15, 0.2) is 36.5 Å². The van der Waals surface area contributed by atoms with Gasteiger partial charge >= 0.3 is 0 Å². The summed E-state index contributed by atoms with van der Waals surface area (Å²) in [6.45, 7) is 0. The second kappa shape index (κ2) is 4.45. The summed E-state index contributed by atoms with van der Waals surface area (Å²) in [6, 6.07) is 0. The fourth-order valence-electron chi connectivity index (χ4n) is 6.51. The van der Waals surface area contributed by atoms with Gasteiger partial charge in [0.25, 0.3) is 0 Å². The van der Waals surface area contributed by atoms with Gasteiger partial charge in [0.05, 0.1) is 6.10 Å². The first-order valence-electron chi connectivity index (χ1n) is 10.1. The Morgan fingerprint density at radius 3 is 2.29 bits per heavy atom. The maximum atomic E-state index is 6.35. The highest BCUT2D eigenvalue weighted by Gasteiger charge is 2.70. The molecule has 4 fully saturated rings. The van der Waals surface area contributed by atoms with E-state index in [1.807, 2.05) is 0 Å². The van der Waals surface area contributed by atoms with E-state index in [1.165, 1.54) is 64.2 Å². The Hall–Kier alpha value is -0.860. The minimum atomic E-state index is -0.0324. The van der Waals surface area contributed by atoms with Crippen LogP contribution in [0.25, 0.3) is 0 Å². The number of allylic oxidation sites excluding steroid dienone is 3. The van der Waals surface area contributed by atoms with Crippen molar-refractivity contribution in [3.8, 4) is 0 Å². The van der Waals surface area contributed by atoms with E-state index in [4.69, 9.17) is 9.47 Å². The molecule has 2 aliphatic heterocycles. The smallest absolute Gasteiger partial charge is 0.135 e. The zero-order valence-corrected chi connectivity index (χ0v) is 14.5. The van der Waals surface area contributed by atoms with Gasteiger partial charge in [-0.05, 0) is 68.4 Å². The molecule has 0 amide bonds. The molecule has 4 spiro atoms. The SMILES string of the molecule is C1=CC2(C=C1)OC21CCC2(C=C[C@]3(C2)O[C@@H]3C2CCCCC2)CC1. The number of fused-ring (bicyclic) bond motifs is 1. The number of epoxide rings is 2. The van der Waals surface area contributed by atoms with Gasteiger partial charge in [-0.1, -0.05) is 43.6 Å². The Morgan fingerprint density at radius 1 is 0.792 bits per heavy atom. The van der Waals surface area contributed by atoms with Crippen LogP contribution in [-0.2, 0) is 9.47 Å². The molecular weight excluding hydrogens is 296 g/mol. The van der Waals surface area contributed by atoms with Crippen LogP contribution in [0.5, 0.6) is 0 Å². The highest BCUT2D eigenvalue weighted by atomic mass is 16.6. The van der Waals surface area contributed by atoms with Gasteiger partial charge < -0.3 is 9.47 Å². The van der Waals surface area contributed by atoms with Gasteiger partial charge in [0.2, 0.25) is 0 Å². The molecule has 0 aromatic heterocycles. The molecule has 2 saturated carbocycles. The molecule has 2 saturated heterocycles. The van der Waals surface area contributed by atoms with Crippen LogP contribution >= 0.6 is 0 Å². The minimum Gasteiger partial charge on any atom is -0.361 e. The first kappa shape index (κ1) is 14.3. The third-order valence-corrected chi connectivity index (χ3v) is 8.08. The summed E-state index contributed by atoms with van der Waals surface area (Å²) in [5.74, 6) is 0.831. The Balaban J connectivity index is 1.13. The van der Waals surface area contributed by atoms with Crippen LogP contribution in [0.4, 0.5) is 0 Å². The summed E-state index contributed by atoms with van der Waals surface area (Å²) in [5.41, 5.74) is 0.615. The van der Waals surface area contributed by atoms with Crippen LogP contribution in [0.2, 0.25) is 0 Å². The maximum absolute atomic E-state index is 6.35. The molecule has 4 aliphatic carbocycles. The van der Waals surface area contributed by atoms with E-state index < -0.39 is 0 Å². The molecule has 0 radical (unpaired) electrons. The maximum Gasteiger partial charge on any atom is 0.135 e.